The van der Waals surface area contributed by atoms with E-state index in [9.17, 15) is 9.90 Å². The molecule has 1 aliphatic rings. The van der Waals surface area contributed by atoms with Crippen LogP contribution in [0, 0.1) is 0 Å². The summed E-state index contributed by atoms with van der Waals surface area (Å²) in [6.07, 6.45) is 3.65. The summed E-state index contributed by atoms with van der Waals surface area (Å²) in [5.74, 6) is 1.32. The standard InChI is InChI=1S/C19H33N5O3.HI/c1-3-9-21-18(26)14-24-10-7-15(8-11-24)23-19(20-4-2)22-13-16(25)17-6-5-12-27-17;/h5-6,12,15-16,25H,3-4,7-11,13-14H2,1-2H3,(H,21,26)(H2,20,22,23);1H. The fourth-order valence-electron chi connectivity index (χ4n) is 3.02. The number of aliphatic hydroxyl groups excluding tert-OH is 1. The van der Waals surface area contributed by atoms with Crippen LogP contribution in [0.1, 0.15) is 45.0 Å². The van der Waals surface area contributed by atoms with Gasteiger partial charge in [-0.05, 0) is 38.3 Å². The molecule has 0 bridgehead atoms. The van der Waals surface area contributed by atoms with Gasteiger partial charge in [-0.25, -0.2) is 0 Å². The molecule has 0 saturated carbocycles. The minimum absolute atomic E-state index is 0. The number of halogens is 1. The fraction of sp³-hybridized carbons (Fsp3) is 0.684. The number of hydrogen-bond donors (Lipinski definition) is 4. The maximum absolute atomic E-state index is 11.8. The molecule has 1 saturated heterocycles. The Balaban J connectivity index is 0.00000392. The van der Waals surface area contributed by atoms with Crippen LogP contribution in [0.4, 0.5) is 0 Å². The van der Waals surface area contributed by atoms with Crippen molar-refractivity contribution >= 4 is 35.8 Å². The van der Waals surface area contributed by atoms with Gasteiger partial charge in [-0.15, -0.1) is 24.0 Å². The quantitative estimate of drug-likeness (QED) is 0.230. The molecule has 1 fully saturated rings. The summed E-state index contributed by atoms with van der Waals surface area (Å²) < 4.78 is 5.21. The molecule has 2 heterocycles. The molecule has 1 aromatic heterocycles. The van der Waals surface area contributed by atoms with E-state index in [4.69, 9.17) is 4.42 Å². The van der Waals surface area contributed by atoms with Gasteiger partial charge in [0.2, 0.25) is 5.91 Å². The third kappa shape index (κ3) is 8.78. The van der Waals surface area contributed by atoms with Crippen LogP contribution in [0.5, 0.6) is 0 Å². The lowest BCUT2D eigenvalue weighted by molar-refractivity contribution is -0.122. The molecule has 0 radical (unpaired) electrons. The molecule has 1 atom stereocenters. The van der Waals surface area contributed by atoms with Crippen LogP contribution in [0.15, 0.2) is 27.8 Å². The van der Waals surface area contributed by atoms with Crippen molar-refractivity contribution in [3.63, 3.8) is 0 Å². The second kappa shape index (κ2) is 13.8. The van der Waals surface area contributed by atoms with Crippen molar-refractivity contribution in [3.8, 4) is 0 Å². The summed E-state index contributed by atoms with van der Waals surface area (Å²) in [4.78, 5) is 18.5. The largest absolute Gasteiger partial charge is 0.467 e. The highest BCUT2D eigenvalue weighted by Gasteiger charge is 2.21. The van der Waals surface area contributed by atoms with Gasteiger partial charge in [0.25, 0.3) is 0 Å². The molecule has 0 aliphatic carbocycles. The first-order valence-corrected chi connectivity index (χ1v) is 9.87. The zero-order valence-corrected chi connectivity index (χ0v) is 19.1. The fourth-order valence-corrected chi connectivity index (χ4v) is 3.02. The van der Waals surface area contributed by atoms with Gasteiger partial charge in [-0.3, -0.25) is 14.7 Å². The van der Waals surface area contributed by atoms with Crippen molar-refractivity contribution in [2.75, 3.05) is 39.3 Å². The zero-order valence-electron chi connectivity index (χ0n) is 16.8. The molecule has 1 amide bonds. The van der Waals surface area contributed by atoms with E-state index in [-0.39, 0.29) is 36.4 Å². The van der Waals surface area contributed by atoms with E-state index in [0.29, 0.717) is 24.3 Å². The number of aliphatic hydroxyl groups is 1. The van der Waals surface area contributed by atoms with Gasteiger partial charge in [0.05, 0.1) is 19.4 Å². The first-order chi connectivity index (χ1) is 13.1. The highest BCUT2D eigenvalue weighted by atomic mass is 127. The van der Waals surface area contributed by atoms with Gasteiger partial charge in [0.15, 0.2) is 5.96 Å². The number of likely N-dealkylation sites (tertiary alicyclic amines) is 1. The summed E-state index contributed by atoms with van der Waals surface area (Å²) in [5, 5.41) is 19.7. The highest BCUT2D eigenvalue weighted by Crippen LogP contribution is 2.13. The number of hydrogen-bond acceptors (Lipinski definition) is 5. The number of carbonyl (C=O) groups is 1. The summed E-state index contributed by atoms with van der Waals surface area (Å²) in [6, 6.07) is 3.80. The number of aliphatic imine (C=N–C) groups is 1. The SMILES string of the molecule is CCCNC(=O)CN1CCC(NC(=NCC(O)c2ccco2)NCC)CC1.I. The minimum atomic E-state index is -0.751. The lowest BCUT2D eigenvalue weighted by atomic mass is 10.1. The Morgan fingerprint density at radius 3 is 2.71 bits per heavy atom. The van der Waals surface area contributed by atoms with Gasteiger partial charge >= 0.3 is 0 Å². The van der Waals surface area contributed by atoms with Gasteiger partial charge in [0.1, 0.15) is 11.9 Å². The smallest absolute Gasteiger partial charge is 0.234 e. The molecular formula is C19H34IN5O3. The van der Waals surface area contributed by atoms with Crippen LogP contribution >= 0.6 is 24.0 Å². The number of furan rings is 1. The molecule has 9 heteroatoms. The predicted octanol–water partition coefficient (Wildman–Crippen LogP) is 1.48. The maximum atomic E-state index is 11.8. The van der Waals surface area contributed by atoms with Crippen LogP contribution < -0.4 is 16.0 Å². The summed E-state index contributed by atoms with van der Waals surface area (Å²) in [6.45, 7) is 8.02. The van der Waals surface area contributed by atoms with Crippen LogP contribution in [0.3, 0.4) is 0 Å². The number of nitrogens with one attached hydrogen (secondary N) is 3. The van der Waals surface area contributed by atoms with E-state index in [1.54, 1.807) is 18.4 Å². The summed E-state index contributed by atoms with van der Waals surface area (Å²) in [7, 11) is 0. The summed E-state index contributed by atoms with van der Waals surface area (Å²) >= 11 is 0. The molecule has 4 N–H and O–H groups in total. The van der Waals surface area contributed by atoms with Crippen molar-refractivity contribution in [1.29, 1.82) is 0 Å². The predicted molar refractivity (Wildman–Crippen MR) is 121 cm³/mol. The highest BCUT2D eigenvalue weighted by molar-refractivity contribution is 14.0. The number of amides is 1. The summed E-state index contributed by atoms with van der Waals surface area (Å²) in [5.41, 5.74) is 0. The lowest BCUT2D eigenvalue weighted by Gasteiger charge is -2.32. The Bertz CT molecular complexity index is 574. The lowest BCUT2D eigenvalue weighted by Crippen LogP contribution is -2.50. The van der Waals surface area contributed by atoms with Crippen LogP contribution in [-0.2, 0) is 4.79 Å². The normalized spacial score (nSPS) is 16.9. The van der Waals surface area contributed by atoms with Crippen molar-refractivity contribution in [2.24, 2.45) is 4.99 Å². The first-order valence-electron chi connectivity index (χ1n) is 9.87. The molecule has 1 aromatic rings. The Morgan fingerprint density at radius 2 is 2.11 bits per heavy atom. The average molecular weight is 507 g/mol. The zero-order chi connectivity index (χ0) is 19.5. The van der Waals surface area contributed by atoms with Crippen molar-refractivity contribution in [3.05, 3.63) is 24.2 Å². The van der Waals surface area contributed by atoms with Crippen molar-refractivity contribution in [2.45, 2.75) is 45.3 Å². The molecule has 8 nitrogen and oxygen atoms in total. The molecule has 0 aromatic carbocycles. The van der Waals surface area contributed by atoms with E-state index in [1.807, 2.05) is 6.92 Å². The van der Waals surface area contributed by atoms with E-state index >= 15 is 0 Å². The Labute approximate surface area is 184 Å². The van der Waals surface area contributed by atoms with E-state index < -0.39 is 6.10 Å². The maximum Gasteiger partial charge on any atom is 0.234 e. The van der Waals surface area contributed by atoms with Gasteiger partial charge in [-0.2, -0.15) is 0 Å². The molecule has 1 unspecified atom stereocenters. The molecule has 160 valence electrons. The van der Waals surface area contributed by atoms with Crippen molar-refractivity contribution in [1.82, 2.24) is 20.9 Å². The van der Waals surface area contributed by atoms with E-state index in [2.05, 4.69) is 32.8 Å². The van der Waals surface area contributed by atoms with Gasteiger partial charge < -0.3 is 25.5 Å². The third-order valence-corrected chi connectivity index (χ3v) is 4.51. The number of nitrogens with zero attached hydrogens (tertiary/aromatic N) is 2. The number of rotatable bonds is 9. The number of carbonyl (C=O) groups excluding carboxylic acids is 1. The second-order valence-electron chi connectivity index (χ2n) is 6.80. The van der Waals surface area contributed by atoms with Crippen molar-refractivity contribution < 1.29 is 14.3 Å². The molecule has 28 heavy (non-hydrogen) atoms. The molecular weight excluding hydrogens is 473 g/mol. The molecule has 0 spiro atoms. The minimum Gasteiger partial charge on any atom is -0.467 e. The Kier molecular flexibility index (Phi) is 12.2. The van der Waals surface area contributed by atoms with Gasteiger partial charge in [0, 0.05) is 32.2 Å². The van der Waals surface area contributed by atoms with E-state index in [0.717, 1.165) is 45.4 Å². The van der Waals surface area contributed by atoms with E-state index in [1.165, 1.54) is 0 Å². The number of guanidine groups is 1. The Morgan fingerprint density at radius 1 is 1.36 bits per heavy atom. The first kappa shape index (κ1) is 24.7. The van der Waals surface area contributed by atoms with Crippen LogP contribution in [0.2, 0.25) is 0 Å². The topological polar surface area (TPSA) is 102 Å². The van der Waals surface area contributed by atoms with Gasteiger partial charge in [-0.1, -0.05) is 6.92 Å². The molecule has 2 rings (SSSR count). The van der Waals surface area contributed by atoms with Crippen LogP contribution in [-0.4, -0.2) is 67.2 Å². The second-order valence-corrected chi connectivity index (χ2v) is 6.80. The average Bonchev–Trinajstić information content (AvgIpc) is 3.21. The number of piperidine rings is 1. The van der Waals surface area contributed by atoms with Crippen LogP contribution in [0.25, 0.3) is 0 Å². The molecule has 1 aliphatic heterocycles. The Hall–Kier alpha value is -1.33. The third-order valence-electron chi connectivity index (χ3n) is 4.51. The monoisotopic (exact) mass is 507 g/mol.